The number of nitrogens with zero attached hydrogens (tertiary/aromatic N) is 3. The summed E-state index contributed by atoms with van der Waals surface area (Å²) in [7, 11) is 0. The van der Waals surface area contributed by atoms with Crippen LogP contribution in [0.3, 0.4) is 0 Å². The molecule has 1 aromatic heterocycles. The maximum absolute atomic E-state index is 11.1. The van der Waals surface area contributed by atoms with Crippen LogP contribution in [0.1, 0.15) is 11.4 Å². The zero-order valence-corrected chi connectivity index (χ0v) is 20.9. The van der Waals surface area contributed by atoms with Crippen LogP contribution in [0.25, 0.3) is 11.0 Å². The number of aromatic nitrogens is 2. The van der Waals surface area contributed by atoms with Crippen molar-refractivity contribution < 1.29 is 102 Å². The normalized spacial score (nSPS) is 19.7. The molecule has 0 unspecified atom stereocenters. The number of fused-ring (bicyclic) bond motifs is 1. The first-order valence-electron chi connectivity index (χ1n) is 10.7. The second-order valence-electron chi connectivity index (χ2n) is 9.17. The summed E-state index contributed by atoms with van der Waals surface area (Å²) in [5.74, 6) is -45.9. The van der Waals surface area contributed by atoms with E-state index < -0.39 is 118 Å². The van der Waals surface area contributed by atoms with Crippen molar-refractivity contribution in [1.29, 1.82) is 0 Å². The lowest BCUT2D eigenvalue weighted by atomic mass is 10.1. The molecular weight excluding hydrogens is 626 g/mol. The number of rotatable bonds is 4. The third-order valence-electron chi connectivity index (χ3n) is 6.64. The Morgan fingerprint density at radius 1 is 0.535 bits per heavy atom. The summed E-state index contributed by atoms with van der Waals surface area (Å²) in [4.78, 5) is 1.57. The van der Waals surface area contributed by atoms with E-state index in [9.17, 15) is 102 Å². The minimum absolute atomic E-state index is 0.755. The van der Waals surface area contributed by atoms with E-state index in [0.717, 1.165) is 0 Å². The third kappa shape index (κ3) is 3.50. The zero-order valence-electron chi connectivity index (χ0n) is 20.2. The molecule has 1 saturated heterocycles. The van der Waals surface area contributed by atoms with Crippen molar-refractivity contribution in [2.45, 2.75) is 35.2 Å². The maximum Gasteiger partial charge on any atom is 0.298 e. The number of likely N-dealkylation sites (tertiary alicyclic amines) is 1. The quantitative estimate of drug-likeness (QED) is 0.0711. The standard InChI is InChI=1S/C19H20ClN3O20/c20-2-7(26)5(24)1(6(25)8(2)27)14(32,33)22-4-3(9(28)11(30)12(31)10(4)29)21-13(22)15(34,35)23-18(40,41)16(36,37)17(38,39)19(23,42)43/h24-43H. The molecule has 2 heterocycles. The number of phenols is 8. The molecule has 0 atom stereocenters. The van der Waals surface area contributed by atoms with Crippen LogP contribution in [0.2, 0.25) is 5.02 Å². The molecule has 1 aliphatic heterocycles. The van der Waals surface area contributed by atoms with Gasteiger partial charge in [-0.3, -0.25) is 4.57 Å². The van der Waals surface area contributed by atoms with Gasteiger partial charge in [0.05, 0.1) is 0 Å². The van der Waals surface area contributed by atoms with Gasteiger partial charge in [-0.2, -0.15) is 0 Å². The summed E-state index contributed by atoms with van der Waals surface area (Å²) in [6.45, 7) is 0. The topological polar surface area (TPSA) is 426 Å². The van der Waals surface area contributed by atoms with Gasteiger partial charge in [0.25, 0.3) is 35.2 Å². The van der Waals surface area contributed by atoms with E-state index >= 15 is 0 Å². The first-order valence-corrected chi connectivity index (χ1v) is 11.1. The average Bonchev–Trinajstić information content (AvgIpc) is 3.33. The molecule has 24 heteroatoms. The molecule has 238 valence electrons. The molecule has 4 rings (SSSR count). The fraction of sp³-hybridized carbons (Fsp3) is 0.316. The van der Waals surface area contributed by atoms with Crippen LogP contribution < -0.4 is 0 Å². The first kappa shape index (κ1) is 32.0. The smallest absolute Gasteiger partial charge is 0.298 e. The fourth-order valence-corrected chi connectivity index (χ4v) is 4.59. The highest BCUT2D eigenvalue weighted by Crippen LogP contribution is 2.57. The van der Waals surface area contributed by atoms with Gasteiger partial charge in [0, 0.05) is 0 Å². The van der Waals surface area contributed by atoms with Gasteiger partial charge in [-0.1, -0.05) is 11.6 Å². The highest BCUT2D eigenvalue weighted by molar-refractivity contribution is 6.34. The largest absolute Gasteiger partial charge is 0.504 e. The molecule has 0 saturated carbocycles. The zero-order chi connectivity index (χ0) is 33.4. The maximum atomic E-state index is 11.1. The van der Waals surface area contributed by atoms with E-state index in [1.807, 2.05) is 0 Å². The van der Waals surface area contributed by atoms with Gasteiger partial charge in [0.15, 0.2) is 40.3 Å². The molecule has 1 aliphatic rings. The van der Waals surface area contributed by atoms with E-state index in [2.05, 4.69) is 4.98 Å². The van der Waals surface area contributed by atoms with E-state index in [4.69, 9.17) is 11.6 Å². The van der Waals surface area contributed by atoms with Crippen molar-refractivity contribution >= 4 is 22.6 Å². The second-order valence-corrected chi connectivity index (χ2v) is 9.55. The Bertz CT molecular complexity index is 1640. The van der Waals surface area contributed by atoms with Crippen molar-refractivity contribution in [2.75, 3.05) is 0 Å². The molecule has 0 radical (unpaired) electrons. The van der Waals surface area contributed by atoms with Gasteiger partial charge in [0.1, 0.15) is 21.6 Å². The number of hydrogen-bond donors (Lipinski definition) is 20. The number of aromatic hydroxyl groups is 8. The minimum Gasteiger partial charge on any atom is -0.504 e. The molecule has 0 spiro atoms. The molecule has 23 nitrogen and oxygen atoms in total. The molecular formula is C19H20ClN3O20. The summed E-state index contributed by atoms with van der Waals surface area (Å²) in [6.07, 6.45) is 0. The fourth-order valence-electron chi connectivity index (χ4n) is 4.41. The summed E-state index contributed by atoms with van der Waals surface area (Å²) < 4.78 is -0.755. The van der Waals surface area contributed by atoms with Crippen molar-refractivity contribution in [3.8, 4) is 46.0 Å². The van der Waals surface area contributed by atoms with E-state index in [0.29, 0.717) is 0 Å². The lowest BCUT2D eigenvalue weighted by Crippen LogP contribution is -2.68. The highest BCUT2D eigenvalue weighted by atomic mass is 35.5. The van der Waals surface area contributed by atoms with Crippen LogP contribution in [-0.4, -0.2) is 140 Å². The van der Waals surface area contributed by atoms with Gasteiger partial charge in [-0.15, -0.1) is 4.90 Å². The van der Waals surface area contributed by atoms with Gasteiger partial charge < -0.3 is 102 Å². The Morgan fingerprint density at radius 3 is 1.35 bits per heavy atom. The number of benzene rings is 2. The molecule has 0 bridgehead atoms. The third-order valence-corrected chi connectivity index (χ3v) is 7.00. The van der Waals surface area contributed by atoms with Crippen LogP contribution in [-0.2, 0) is 11.8 Å². The summed E-state index contributed by atoms with van der Waals surface area (Å²) >= 11 is 5.49. The Labute approximate surface area is 237 Å². The Kier molecular flexibility index (Phi) is 6.39. The Hall–Kier alpha value is -3.92. The van der Waals surface area contributed by atoms with Crippen molar-refractivity contribution in [3.63, 3.8) is 0 Å². The SMILES string of the molecule is Oc1c(O)c(C(O)(O)n2c(C(O)(O)N3C(O)(O)C(O)(O)C(O)(O)C3(O)O)nc3c(O)c(O)c(O)c(O)c32)c(O)c(O)c1Cl. The van der Waals surface area contributed by atoms with Crippen LogP contribution in [0.15, 0.2) is 0 Å². The predicted octanol–water partition coefficient (Wildman–Crippen LogP) is -6.97. The van der Waals surface area contributed by atoms with Gasteiger partial charge in [-0.25, -0.2) is 4.98 Å². The Balaban J connectivity index is 2.25. The van der Waals surface area contributed by atoms with Gasteiger partial charge in [0.2, 0.25) is 11.5 Å². The lowest BCUT2D eigenvalue weighted by Gasteiger charge is -2.42. The van der Waals surface area contributed by atoms with Gasteiger partial charge >= 0.3 is 0 Å². The first-order chi connectivity index (χ1) is 19.2. The summed E-state index contributed by atoms with van der Waals surface area (Å²) in [5.41, 5.74) is -5.05. The minimum atomic E-state index is -5.06. The summed E-state index contributed by atoms with van der Waals surface area (Å²) in [6, 6.07) is 0. The number of aliphatic hydroxyl groups is 12. The second kappa shape index (κ2) is 8.59. The number of halogens is 1. The Morgan fingerprint density at radius 2 is 0.930 bits per heavy atom. The van der Waals surface area contributed by atoms with Crippen LogP contribution >= 0.6 is 11.6 Å². The number of phenolic OH excluding ortho intramolecular Hbond substituents is 8. The molecule has 20 N–H and O–H groups in total. The van der Waals surface area contributed by atoms with Crippen LogP contribution in [0.4, 0.5) is 0 Å². The van der Waals surface area contributed by atoms with E-state index in [1.165, 1.54) is 0 Å². The summed E-state index contributed by atoms with van der Waals surface area (Å²) in [5, 5.41) is 205. The lowest BCUT2D eigenvalue weighted by molar-refractivity contribution is -0.484. The van der Waals surface area contributed by atoms with E-state index in [1.54, 1.807) is 0 Å². The highest BCUT2D eigenvalue weighted by Gasteiger charge is 2.87. The average molecular weight is 646 g/mol. The molecule has 3 aromatic rings. The molecule has 1 fully saturated rings. The molecule has 2 aromatic carbocycles. The molecule has 0 amide bonds. The van der Waals surface area contributed by atoms with Crippen LogP contribution in [0.5, 0.6) is 46.0 Å². The monoisotopic (exact) mass is 645 g/mol. The van der Waals surface area contributed by atoms with Crippen molar-refractivity contribution in [3.05, 3.63) is 16.4 Å². The van der Waals surface area contributed by atoms with Crippen molar-refractivity contribution in [2.24, 2.45) is 0 Å². The number of imidazole rings is 1. The van der Waals surface area contributed by atoms with Crippen LogP contribution in [0, 0.1) is 0 Å². The molecule has 0 aliphatic carbocycles. The van der Waals surface area contributed by atoms with Gasteiger partial charge in [-0.05, 0) is 0 Å². The predicted molar refractivity (Wildman–Crippen MR) is 123 cm³/mol. The molecule has 43 heavy (non-hydrogen) atoms. The van der Waals surface area contributed by atoms with E-state index in [-0.39, 0.29) is 0 Å². The number of hydrogen-bond acceptors (Lipinski definition) is 22. The van der Waals surface area contributed by atoms with Crippen molar-refractivity contribution in [1.82, 2.24) is 14.5 Å².